The fraction of sp³-hybridized carbons (Fsp3) is 0.333. The van der Waals surface area contributed by atoms with Crippen LogP contribution in [0.4, 0.5) is 5.69 Å². The molecule has 0 aromatic heterocycles. The molecule has 0 bridgehead atoms. The normalized spacial score (nSPS) is 11.1. The number of nitrogens with zero attached hydrogens (tertiary/aromatic N) is 3. The summed E-state index contributed by atoms with van der Waals surface area (Å²) < 4.78 is 23.4. The summed E-state index contributed by atoms with van der Waals surface area (Å²) in [7, 11) is -3.24. The predicted octanol–water partition coefficient (Wildman–Crippen LogP) is 2.81. The van der Waals surface area contributed by atoms with Crippen LogP contribution in [0.15, 0.2) is 34.3 Å². The van der Waals surface area contributed by atoms with E-state index >= 15 is 0 Å². The summed E-state index contributed by atoms with van der Waals surface area (Å²) >= 11 is 0. The van der Waals surface area contributed by atoms with Crippen molar-refractivity contribution >= 4 is 15.5 Å². The molecule has 0 saturated carbocycles. The molecule has 1 aromatic rings. The molecule has 0 heterocycles. The number of hydrogen-bond acceptors (Lipinski definition) is 3. The predicted molar refractivity (Wildman–Crippen MR) is 57.6 cm³/mol. The van der Waals surface area contributed by atoms with Gasteiger partial charge in [-0.05, 0) is 31.5 Å². The fourth-order valence-electron chi connectivity index (χ4n) is 1.03. The van der Waals surface area contributed by atoms with E-state index in [0.717, 1.165) is 0 Å². The number of sulfone groups is 1. The van der Waals surface area contributed by atoms with Gasteiger partial charge in [-0.3, -0.25) is 0 Å². The van der Waals surface area contributed by atoms with Crippen LogP contribution < -0.4 is 0 Å². The first-order valence-corrected chi connectivity index (χ1v) is 5.92. The maximum atomic E-state index is 11.7. The lowest BCUT2D eigenvalue weighted by Crippen LogP contribution is -2.13. The lowest BCUT2D eigenvalue weighted by molar-refractivity contribution is 0.587. The Hall–Kier alpha value is -1.52. The molecule has 0 fully saturated rings. The summed E-state index contributed by atoms with van der Waals surface area (Å²) in [4.78, 5) is 2.85. The molecule has 1 aromatic carbocycles. The highest BCUT2D eigenvalue weighted by molar-refractivity contribution is 7.92. The van der Waals surface area contributed by atoms with Gasteiger partial charge in [-0.1, -0.05) is 17.2 Å². The van der Waals surface area contributed by atoms with E-state index < -0.39 is 15.1 Å². The molecule has 0 unspecified atom stereocenters. The third-order valence-corrected chi connectivity index (χ3v) is 4.12. The SMILES string of the molecule is CC(C)S(=O)(=O)c1ccc(N=[N+]=[N-])cc1. The van der Waals surface area contributed by atoms with Crippen molar-refractivity contribution in [2.75, 3.05) is 0 Å². The second-order valence-corrected chi connectivity index (χ2v) is 5.78. The van der Waals surface area contributed by atoms with Crippen LogP contribution in [-0.4, -0.2) is 13.7 Å². The highest BCUT2D eigenvalue weighted by Gasteiger charge is 2.18. The Balaban J connectivity index is 3.15. The standard InChI is InChI=1S/C9H11N3O2S/c1-7(2)15(13,14)9-5-3-8(4-6-9)11-12-10/h3-7H,1-2H3. The Labute approximate surface area is 88.3 Å². The van der Waals surface area contributed by atoms with Crippen molar-refractivity contribution in [2.45, 2.75) is 24.0 Å². The van der Waals surface area contributed by atoms with Gasteiger partial charge < -0.3 is 0 Å². The molecule has 1 rings (SSSR count). The maximum Gasteiger partial charge on any atom is 0.180 e. The summed E-state index contributed by atoms with van der Waals surface area (Å²) in [6.07, 6.45) is 0. The quantitative estimate of drug-likeness (QED) is 0.450. The smallest absolute Gasteiger partial charge is 0.180 e. The Morgan fingerprint density at radius 1 is 1.27 bits per heavy atom. The van der Waals surface area contributed by atoms with Crippen molar-refractivity contribution in [1.82, 2.24) is 0 Å². The molecule has 0 atom stereocenters. The topological polar surface area (TPSA) is 82.9 Å². The van der Waals surface area contributed by atoms with Gasteiger partial charge in [0.15, 0.2) is 9.84 Å². The van der Waals surface area contributed by atoms with Crippen molar-refractivity contribution in [1.29, 1.82) is 0 Å². The van der Waals surface area contributed by atoms with E-state index in [1.807, 2.05) is 0 Å². The molecule has 80 valence electrons. The molecule has 0 spiro atoms. The van der Waals surface area contributed by atoms with E-state index in [9.17, 15) is 8.42 Å². The molecule has 0 aliphatic heterocycles. The second kappa shape index (κ2) is 4.33. The van der Waals surface area contributed by atoms with Gasteiger partial charge in [0, 0.05) is 10.6 Å². The third-order valence-electron chi connectivity index (χ3n) is 1.95. The summed E-state index contributed by atoms with van der Waals surface area (Å²) in [5, 5.41) is 2.90. The minimum Gasteiger partial charge on any atom is -0.223 e. The molecule has 0 aliphatic rings. The van der Waals surface area contributed by atoms with Gasteiger partial charge >= 0.3 is 0 Å². The monoisotopic (exact) mass is 225 g/mol. The van der Waals surface area contributed by atoms with Crippen molar-refractivity contribution < 1.29 is 8.42 Å². The largest absolute Gasteiger partial charge is 0.223 e. The van der Waals surface area contributed by atoms with Crippen LogP contribution in [0.5, 0.6) is 0 Å². The minimum atomic E-state index is -3.24. The lowest BCUT2D eigenvalue weighted by Gasteiger charge is -2.07. The number of hydrogen-bond donors (Lipinski definition) is 0. The molecule has 5 nitrogen and oxygen atoms in total. The summed E-state index contributed by atoms with van der Waals surface area (Å²) in [5.41, 5.74) is 8.58. The molecule has 0 aliphatic carbocycles. The zero-order chi connectivity index (χ0) is 11.5. The van der Waals surface area contributed by atoms with Crippen LogP contribution in [-0.2, 0) is 9.84 Å². The third kappa shape index (κ3) is 2.49. The molecule has 0 amide bonds. The van der Waals surface area contributed by atoms with E-state index in [-0.39, 0.29) is 4.90 Å². The highest BCUT2D eigenvalue weighted by Crippen LogP contribution is 2.19. The zero-order valence-corrected chi connectivity index (χ0v) is 9.27. The lowest BCUT2D eigenvalue weighted by atomic mass is 10.3. The van der Waals surface area contributed by atoms with Crippen LogP contribution in [0.25, 0.3) is 10.4 Å². The van der Waals surface area contributed by atoms with Gasteiger partial charge in [-0.15, -0.1) is 0 Å². The summed E-state index contributed by atoms with van der Waals surface area (Å²) in [5.74, 6) is 0. The Kier molecular flexibility index (Phi) is 3.34. The second-order valence-electron chi connectivity index (χ2n) is 3.28. The van der Waals surface area contributed by atoms with Crippen LogP contribution in [0.3, 0.4) is 0 Å². The van der Waals surface area contributed by atoms with E-state index in [1.165, 1.54) is 24.3 Å². The van der Waals surface area contributed by atoms with Gasteiger partial charge in [0.05, 0.1) is 10.1 Å². The number of rotatable bonds is 3. The molecular formula is C9H11N3O2S. The van der Waals surface area contributed by atoms with Crippen molar-refractivity contribution in [3.05, 3.63) is 34.7 Å². The van der Waals surface area contributed by atoms with E-state index in [4.69, 9.17) is 5.53 Å². The van der Waals surface area contributed by atoms with Crippen LogP contribution in [0.2, 0.25) is 0 Å². The van der Waals surface area contributed by atoms with Gasteiger partial charge in [-0.2, -0.15) is 0 Å². The fourth-order valence-corrected chi connectivity index (χ4v) is 2.09. The first kappa shape index (κ1) is 11.6. The van der Waals surface area contributed by atoms with Crippen molar-refractivity contribution in [3.63, 3.8) is 0 Å². The molecule has 15 heavy (non-hydrogen) atoms. The summed E-state index contributed by atoms with van der Waals surface area (Å²) in [6.45, 7) is 3.24. The van der Waals surface area contributed by atoms with E-state index in [2.05, 4.69) is 10.0 Å². The van der Waals surface area contributed by atoms with Crippen LogP contribution in [0.1, 0.15) is 13.8 Å². The van der Waals surface area contributed by atoms with Gasteiger partial charge in [-0.25, -0.2) is 8.42 Å². The minimum absolute atomic E-state index is 0.245. The first-order valence-electron chi connectivity index (χ1n) is 4.37. The van der Waals surface area contributed by atoms with Crippen LogP contribution in [0, 0.1) is 0 Å². The molecule has 0 N–H and O–H groups in total. The Bertz CT molecular complexity index is 485. The first-order chi connectivity index (χ1) is 6.98. The number of benzene rings is 1. The highest BCUT2D eigenvalue weighted by atomic mass is 32.2. The average molecular weight is 225 g/mol. The maximum absolute atomic E-state index is 11.7. The number of azide groups is 1. The summed E-state index contributed by atoms with van der Waals surface area (Å²) in [6, 6.07) is 5.85. The van der Waals surface area contributed by atoms with E-state index in [1.54, 1.807) is 13.8 Å². The molecule has 0 radical (unpaired) electrons. The van der Waals surface area contributed by atoms with Gasteiger partial charge in [0.2, 0.25) is 0 Å². The molecular weight excluding hydrogens is 214 g/mol. The molecule has 0 saturated heterocycles. The average Bonchev–Trinajstić information content (AvgIpc) is 2.19. The molecule has 6 heteroatoms. The van der Waals surface area contributed by atoms with Gasteiger partial charge in [0.1, 0.15) is 0 Å². The Morgan fingerprint density at radius 3 is 2.20 bits per heavy atom. The van der Waals surface area contributed by atoms with Gasteiger partial charge in [0.25, 0.3) is 0 Å². The van der Waals surface area contributed by atoms with Crippen molar-refractivity contribution in [2.24, 2.45) is 5.11 Å². The van der Waals surface area contributed by atoms with E-state index in [0.29, 0.717) is 5.69 Å². The van der Waals surface area contributed by atoms with Crippen LogP contribution >= 0.6 is 0 Å². The zero-order valence-electron chi connectivity index (χ0n) is 8.45. The Morgan fingerprint density at radius 2 is 1.80 bits per heavy atom. The van der Waals surface area contributed by atoms with Crippen molar-refractivity contribution in [3.8, 4) is 0 Å².